The van der Waals surface area contributed by atoms with E-state index in [9.17, 15) is 4.79 Å². The Hall–Kier alpha value is -1.28. The number of fused-ring (bicyclic) bond motifs is 1. The Morgan fingerprint density at radius 2 is 2.00 bits per heavy atom. The largest absolute Gasteiger partial charge is 0.491 e. The number of rotatable bonds is 4. The van der Waals surface area contributed by atoms with E-state index in [4.69, 9.17) is 20.9 Å². The van der Waals surface area contributed by atoms with E-state index in [1.54, 1.807) is 19.2 Å². The molecule has 138 valence electrons. The molecule has 26 heavy (non-hydrogen) atoms. The Morgan fingerprint density at radius 1 is 1.35 bits per heavy atom. The van der Waals surface area contributed by atoms with Crippen LogP contribution < -0.4 is 0 Å². The minimum Gasteiger partial charge on any atom is -0.400 e. The number of nitrogens with zero attached hydrogens (tertiary/aromatic N) is 1. The number of hydrogen-bond acceptors (Lipinski definition) is 5. The van der Waals surface area contributed by atoms with Crippen LogP contribution >= 0.6 is 23.4 Å². The first-order chi connectivity index (χ1) is 12.1. The normalized spacial score (nSPS) is 19.3. The molecule has 3 heterocycles. The second-order valence-corrected chi connectivity index (χ2v) is 8.91. The molecule has 2 aromatic rings. The third kappa shape index (κ3) is 3.72. The van der Waals surface area contributed by atoms with Gasteiger partial charge < -0.3 is 14.3 Å². The average molecular weight is 393 g/mol. The van der Waals surface area contributed by atoms with Gasteiger partial charge in [0.05, 0.1) is 16.2 Å². The predicted molar refractivity (Wildman–Crippen MR) is 108 cm³/mol. The number of nitrogens with one attached hydrogen (secondary N) is 1. The quantitative estimate of drug-likeness (QED) is 0.775. The zero-order chi connectivity index (χ0) is 19.1. The molecule has 1 saturated heterocycles. The molecule has 0 radical (unpaired) electrons. The van der Waals surface area contributed by atoms with Crippen LogP contribution in [0.15, 0.2) is 23.9 Å². The van der Waals surface area contributed by atoms with Gasteiger partial charge in [0.1, 0.15) is 5.65 Å². The third-order valence-corrected chi connectivity index (χ3v) is 6.09. The van der Waals surface area contributed by atoms with E-state index in [0.717, 1.165) is 22.1 Å². The van der Waals surface area contributed by atoms with Gasteiger partial charge in [-0.15, -0.1) is 0 Å². The first kappa shape index (κ1) is 19.5. The summed E-state index contributed by atoms with van der Waals surface area (Å²) < 4.78 is 12.4. The van der Waals surface area contributed by atoms with Gasteiger partial charge in [0.25, 0.3) is 0 Å². The highest BCUT2D eigenvalue weighted by atomic mass is 35.5. The molecular weight excluding hydrogens is 371 g/mol. The van der Waals surface area contributed by atoms with E-state index in [2.05, 4.69) is 9.97 Å². The second-order valence-electron chi connectivity index (χ2n) is 7.35. The topological polar surface area (TPSA) is 64.2 Å². The lowest BCUT2D eigenvalue weighted by Gasteiger charge is -2.32. The van der Waals surface area contributed by atoms with Crippen molar-refractivity contribution in [2.45, 2.75) is 45.8 Å². The van der Waals surface area contributed by atoms with Gasteiger partial charge >= 0.3 is 7.12 Å². The predicted octanol–water partition coefficient (Wildman–Crippen LogP) is 4.51. The SMILES string of the molecule is CC(=O)SCC(=Cc1c[nH]c2nccc(Cl)c12)B1OC(C)(C)C(C)(C)O1. The molecule has 0 saturated carbocycles. The summed E-state index contributed by atoms with van der Waals surface area (Å²) in [4.78, 5) is 18.9. The number of hydrogen-bond donors (Lipinski definition) is 1. The Morgan fingerprint density at radius 3 is 2.62 bits per heavy atom. The monoisotopic (exact) mass is 392 g/mol. The molecular formula is C18H22BClN2O3S. The highest BCUT2D eigenvalue weighted by molar-refractivity contribution is 8.13. The van der Waals surface area contributed by atoms with Crippen molar-refractivity contribution in [3.63, 3.8) is 0 Å². The fourth-order valence-corrected chi connectivity index (χ4v) is 3.56. The smallest absolute Gasteiger partial charge is 0.400 e. The second kappa shape index (κ2) is 7.04. The maximum atomic E-state index is 11.5. The van der Waals surface area contributed by atoms with Crippen LogP contribution in [-0.2, 0) is 14.1 Å². The molecule has 0 spiro atoms. The summed E-state index contributed by atoms with van der Waals surface area (Å²) in [6.07, 6.45) is 5.49. The standard InChI is InChI=1S/C18H22BClN2O3S/c1-11(23)26-10-13(19-24-17(2,3)18(4,5)25-19)8-12-9-22-16-15(12)14(20)6-7-21-16/h6-9H,10H2,1-5H3,(H,21,22). The van der Waals surface area contributed by atoms with E-state index in [-0.39, 0.29) is 5.12 Å². The van der Waals surface area contributed by atoms with Crippen LogP contribution in [0.1, 0.15) is 40.2 Å². The molecule has 8 heteroatoms. The highest BCUT2D eigenvalue weighted by Gasteiger charge is 2.52. The van der Waals surface area contributed by atoms with Gasteiger partial charge in [-0.2, -0.15) is 0 Å². The van der Waals surface area contributed by atoms with Crippen molar-refractivity contribution in [3.05, 3.63) is 34.5 Å². The fourth-order valence-electron chi connectivity index (χ4n) is 2.71. The first-order valence-corrected chi connectivity index (χ1v) is 9.78. The molecule has 5 nitrogen and oxygen atoms in total. The summed E-state index contributed by atoms with van der Waals surface area (Å²) in [6.45, 7) is 9.59. The maximum Gasteiger partial charge on any atom is 0.491 e. The maximum absolute atomic E-state index is 11.5. The summed E-state index contributed by atoms with van der Waals surface area (Å²) in [6, 6.07) is 1.76. The molecule has 2 aromatic heterocycles. The number of halogens is 1. The Balaban J connectivity index is 2.01. The van der Waals surface area contributed by atoms with Crippen LogP contribution in [0.3, 0.4) is 0 Å². The van der Waals surface area contributed by atoms with Crippen molar-refractivity contribution in [2.24, 2.45) is 0 Å². The highest BCUT2D eigenvalue weighted by Crippen LogP contribution is 2.40. The van der Waals surface area contributed by atoms with Crippen molar-refractivity contribution in [1.82, 2.24) is 9.97 Å². The molecule has 1 aliphatic heterocycles. The molecule has 0 amide bonds. The molecule has 0 aromatic carbocycles. The van der Waals surface area contributed by atoms with Crippen molar-refractivity contribution in [1.29, 1.82) is 0 Å². The average Bonchev–Trinajstić information content (AvgIpc) is 3.03. The number of aromatic amines is 1. The number of carbonyl (C=O) groups excluding carboxylic acids is 1. The first-order valence-electron chi connectivity index (χ1n) is 8.42. The summed E-state index contributed by atoms with van der Waals surface area (Å²) in [5.74, 6) is 0.483. The molecule has 1 aliphatic rings. The molecule has 0 unspecified atom stereocenters. The minimum atomic E-state index is -0.521. The van der Waals surface area contributed by atoms with Gasteiger partial charge in [-0.25, -0.2) is 4.98 Å². The molecule has 1 N–H and O–H groups in total. The molecule has 0 aliphatic carbocycles. The Bertz CT molecular complexity index is 862. The van der Waals surface area contributed by atoms with E-state index in [1.165, 1.54) is 11.8 Å². The van der Waals surface area contributed by atoms with Gasteiger partial charge in [-0.1, -0.05) is 29.4 Å². The Labute approximate surface area is 163 Å². The van der Waals surface area contributed by atoms with Crippen molar-refractivity contribution < 1.29 is 14.1 Å². The minimum absolute atomic E-state index is 0.0473. The summed E-state index contributed by atoms with van der Waals surface area (Å²) in [5.41, 5.74) is 1.60. The number of carbonyl (C=O) groups is 1. The number of pyridine rings is 1. The van der Waals surface area contributed by atoms with Crippen LogP contribution in [0.4, 0.5) is 0 Å². The lowest BCUT2D eigenvalue weighted by Crippen LogP contribution is -2.41. The van der Waals surface area contributed by atoms with Crippen molar-refractivity contribution in [2.75, 3.05) is 5.75 Å². The number of aromatic nitrogens is 2. The van der Waals surface area contributed by atoms with Crippen LogP contribution in [0, 0.1) is 0 Å². The number of H-pyrrole nitrogens is 1. The number of thioether (sulfide) groups is 1. The van der Waals surface area contributed by atoms with Crippen molar-refractivity contribution >= 4 is 52.7 Å². The van der Waals surface area contributed by atoms with E-state index in [0.29, 0.717) is 10.8 Å². The molecule has 1 fully saturated rings. The van der Waals surface area contributed by atoms with E-state index >= 15 is 0 Å². The zero-order valence-electron chi connectivity index (χ0n) is 15.6. The lowest BCUT2D eigenvalue weighted by molar-refractivity contribution is -0.109. The molecule has 0 bridgehead atoms. The van der Waals surface area contributed by atoms with Gasteiger partial charge in [0.15, 0.2) is 5.12 Å². The molecule has 3 rings (SSSR count). The van der Waals surface area contributed by atoms with Crippen LogP contribution in [-0.4, -0.2) is 39.2 Å². The summed E-state index contributed by atoms with van der Waals surface area (Å²) >= 11 is 7.59. The zero-order valence-corrected chi connectivity index (χ0v) is 17.1. The molecule has 0 atom stereocenters. The fraction of sp³-hybridized carbons (Fsp3) is 0.444. The summed E-state index contributed by atoms with van der Waals surface area (Å²) in [5, 5.41) is 1.51. The van der Waals surface area contributed by atoms with E-state index < -0.39 is 18.3 Å². The van der Waals surface area contributed by atoms with Gasteiger partial charge in [0.2, 0.25) is 0 Å². The van der Waals surface area contributed by atoms with Crippen LogP contribution in [0.5, 0.6) is 0 Å². The van der Waals surface area contributed by atoms with Gasteiger partial charge in [0, 0.05) is 36.0 Å². The van der Waals surface area contributed by atoms with Gasteiger partial charge in [-0.3, -0.25) is 4.79 Å². The lowest BCUT2D eigenvalue weighted by atomic mass is 9.78. The van der Waals surface area contributed by atoms with Crippen LogP contribution in [0.2, 0.25) is 5.02 Å². The Kier molecular flexibility index (Phi) is 5.27. The van der Waals surface area contributed by atoms with Gasteiger partial charge in [-0.05, 0) is 39.2 Å². The summed E-state index contributed by atoms with van der Waals surface area (Å²) in [7, 11) is -0.521. The third-order valence-electron chi connectivity index (χ3n) is 4.89. The van der Waals surface area contributed by atoms with Crippen molar-refractivity contribution in [3.8, 4) is 0 Å². The van der Waals surface area contributed by atoms with E-state index in [1.807, 2.05) is 40.0 Å². The van der Waals surface area contributed by atoms with Crippen LogP contribution in [0.25, 0.3) is 17.1 Å².